The second-order valence-electron chi connectivity index (χ2n) is 1.07. The lowest BCUT2D eigenvalue weighted by Gasteiger charge is -1.84. The third-order valence-corrected chi connectivity index (χ3v) is 0.654. The quantitative estimate of drug-likeness (QED) is 0.432. The molecule has 0 fully saturated rings. The summed E-state index contributed by atoms with van der Waals surface area (Å²) in [5.41, 5.74) is 5.01. The summed E-state index contributed by atoms with van der Waals surface area (Å²) in [4.78, 5) is 9.69. The Hall–Kier alpha value is -0.510. The number of nitrogens with zero attached hydrogens (tertiary/aromatic N) is 1. The standard InChI is InChI=1S/C3H6N2OS/c4-3(7)1-2-5-6/h1-2H2,(H2,4,7). The molecule has 0 aliphatic heterocycles. The SMILES string of the molecule is NC(=S)CCN=O. The van der Waals surface area contributed by atoms with Gasteiger partial charge in [-0.2, -0.15) is 4.91 Å². The molecule has 0 saturated heterocycles. The van der Waals surface area contributed by atoms with Crippen molar-refractivity contribution in [3.05, 3.63) is 4.91 Å². The van der Waals surface area contributed by atoms with E-state index in [1.807, 2.05) is 0 Å². The molecule has 0 rings (SSSR count). The summed E-state index contributed by atoms with van der Waals surface area (Å²) in [5.74, 6) is 0. The van der Waals surface area contributed by atoms with Crippen molar-refractivity contribution in [3.63, 3.8) is 0 Å². The summed E-state index contributed by atoms with van der Waals surface area (Å²) < 4.78 is 0. The van der Waals surface area contributed by atoms with Gasteiger partial charge in [0, 0.05) is 6.42 Å². The fraction of sp³-hybridized carbons (Fsp3) is 0.667. The Morgan fingerprint density at radius 1 is 1.86 bits per heavy atom. The van der Waals surface area contributed by atoms with Gasteiger partial charge < -0.3 is 5.73 Å². The van der Waals surface area contributed by atoms with Gasteiger partial charge in [0.15, 0.2) is 0 Å². The van der Waals surface area contributed by atoms with E-state index in [1.165, 1.54) is 0 Å². The minimum Gasteiger partial charge on any atom is -0.393 e. The van der Waals surface area contributed by atoms with Gasteiger partial charge in [0.2, 0.25) is 0 Å². The molecule has 0 aliphatic carbocycles. The van der Waals surface area contributed by atoms with Crippen molar-refractivity contribution in [2.24, 2.45) is 10.9 Å². The summed E-state index contributed by atoms with van der Waals surface area (Å²) in [7, 11) is 0. The maximum Gasteiger partial charge on any atom is 0.0873 e. The van der Waals surface area contributed by atoms with Gasteiger partial charge in [0.25, 0.3) is 0 Å². The van der Waals surface area contributed by atoms with Crippen LogP contribution in [-0.2, 0) is 0 Å². The highest BCUT2D eigenvalue weighted by Crippen LogP contribution is 1.78. The largest absolute Gasteiger partial charge is 0.393 e. The molecule has 0 aliphatic rings. The lowest BCUT2D eigenvalue weighted by atomic mass is 10.4. The molecule has 0 radical (unpaired) electrons. The molecule has 0 aromatic carbocycles. The fourth-order valence-electron chi connectivity index (χ4n) is 0.156. The predicted octanol–water partition coefficient (Wildman–Crippen LogP) is 0.429. The molecule has 0 amide bonds. The molecule has 0 bridgehead atoms. The molecule has 40 valence electrons. The molecule has 0 aromatic rings. The Labute approximate surface area is 46.9 Å². The second-order valence-corrected chi connectivity index (χ2v) is 1.59. The summed E-state index contributed by atoms with van der Waals surface area (Å²) in [5, 5.41) is 2.56. The van der Waals surface area contributed by atoms with E-state index in [0.29, 0.717) is 11.4 Å². The van der Waals surface area contributed by atoms with Gasteiger partial charge in [0.1, 0.15) is 0 Å². The highest BCUT2D eigenvalue weighted by Gasteiger charge is 1.84. The fourth-order valence-corrected chi connectivity index (χ4v) is 0.247. The van der Waals surface area contributed by atoms with Crippen molar-refractivity contribution < 1.29 is 0 Å². The van der Waals surface area contributed by atoms with E-state index in [-0.39, 0.29) is 6.54 Å². The van der Waals surface area contributed by atoms with Crippen molar-refractivity contribution in [1.82, 2.24) is 0 Å². The highest BCUT2D eigenvalue weighted by atomic mass is 32.1. The summed E-state index contributed by atoms with van der Waals surface area (Å²) in [6.07, 6.45) is 0.429. The first-order valence-corrected chi connectivity index (χ1v) is 2.25. The zero-order valence-electron chi connectivity index (χ0n) is 3.76. The van der Waals surface area contributed by atoms with E-state index in [9.17, 15) is 4.91 Å². The van der Waals surface area contributed by atoms with Crippen LogP contribution in [0.4, 0.5) is 0 Å². The van der Waals surface area contributed by atoms with Crippen molar-refractivity contribution in [3.8, 4) is 0 Å². The molecule has 0 unspecified atom stereocenters. The van der Waals surface area contributed by atoms with Crippen LogP contribution in [0.1, 0.15) is 6.42 Å². The van der Waals surface area contributed by atoms with E-state index < -0.39 is 0 Å². The van der Waals surface area contributed by atoms with E-state index in [1.54, 1.807) is 0 Å². The number of nitrogens with two attached hydrogens (primary N) is 1. The van der Waals surface area contributed by atoms with Crippen LogP contribution < -0.4 is 5.73 Å². The van der Waals surface area contributed by atoms with Gasteiger partial charge in [-0.15, -0.1) is 0 Å². The maximum atomic E-state index is 9.34. The molecular weight excluding hydrogens is 112 g/mol. The van der Waals surface area contributed by atoms with Gasteiger partial charge in [-0.05, 0) is 0 Å². The third kappa shape index (κ3) is 5.49. The zero-order chi connectivity index (χ0) is 5.70. The number of thiocarbonyl (C=S) groups is 1. The lowest BCUT2D eigenvalue weighted by Crippen LogP contribution is -2.08. The molecular formula is C3H6N2OS. The smallest absolute Gasteiger partial charge is 0.0873 e. The van der Waals surface area contributed by atoms with Gasteiger partial charge in [-0.3, -0.25) is 0 Å². The van der Waals surface area contributed by atoms with Gasteiger partial charge in [-0.25, -0.2) is 0 Å². The minimum atomic E-state index is 0.204. The lowest BCUT2D eigenvalue weighted by molar-refractivity contribution is 1.03. The number of nitroso groups, excluding NO2 is 1. The summed E-state index contributed by atoms with van der Waals surface area (Å²) in [6.45, 7) is 0.204. The van der Waals surface area contributed by atoms with Crippen molar-refractivity contribution in [1.29, 1.82) is 0 Å². The molecule has 4 heteroatoms. The minimum absolute atomic E-state index is 0.204. The molecule has 2 N–H and O–H groups in total. The van der Waals surface area contributed by atoms with E-state index in [0.717, 1.165) is 0 Å². The Balaban J connectivity index is 2.97. The van der Waals surface area contributed by atoms with E-state index >= 15 is 0 Å². The number of hydrogen-bond donors (Lipinski definition) is 1. The Bertz CT molecular complexity index is 83.0. The molecule has 0 atom stereocenters. The van der Waals surface area contributed by atoms with Crippen LogP contribution in [0.3, 0.4) is 0 Å². The Morgan fingerprint density at radius 3 is 2.57 bits per heavy atom. The predicted molar refractivity (Wildman–Crippen MR) is 32.1 cm³/mol. The van der Waals surface area contributed by atoms with Crippen LogP contribution in [0.15, 0.2) is 5.18 Å². The molecule has 0 aromatic heterocycles. The number of rotatable bonds is 3. The average Bonchev–Trinajstić information content (AvgIpc) is 1.61. The monoisotopic (exact) mass is 118 g/mol. The third-order valence-electron chi connectivity index (χ3n) is 0.449. The topological polar surface area (TPSA) is 55.4 Å². The van der Waals surface area contributed by atoms with Gasteiger partial charge in [0.05, 0.1) is 11.5 Å². The first-order valence-electron chi connectivity index (χ1n) is 1.85. The van der Waals surface area contributed by atoms with Crippen LogP contribution in [-0.4, -0.2) is 11.5 Å². The first kappa shape index (κ1) is 6.49. The summed E-state index contributed by atoms with van der Waals surface area (Å²) >= 11 is 4.44. The van der Waals surface area contributed by atoms with Crippen molar-refractivity contribution >= 4 is 17.2 Å². The van der Waals surface area contributed by atoms with Crippen molar-refractivity contribution in [2.45, 2.75) is 6.42 Å². The molecule has 7 heavy (non-hydrogen) atoms. The van der Waals surface area contributed by atoms with Crippen LogP contribution in [0, 0.1) is 4.91 Å². The molecule has 3 nitrogen and oxygen atoms in total. The normalized spacial score (nSPS) is 8.00. The second kappa shape index (κ2) is 3.67. The molecule has 0 saturated carbocycles. The van der Waals surface area contributed by atoms with Gasteiger partial charge in [-0.1, -0.05) is 17.4 Å². The molecule has 0 heterocycles. The highest BCUT2D eigenvalue weighted by molar-refractivity contribution is 7.80. The maximum absolute atomic E-state index is 9.34. The van der Waals surface area contributed by atoms with Crippen molar-refractivity contribution in [2.75, 3.05) is 6.54 Å². The first-order chi connectivity index (χ1) is 3.27. The Morgan fingerprint density at radius 2 is 2.43 bits per heavy atom. The molecule has 0 spiro atoms. The average molecular weight is 118 g/mol. The number of hydrogen-bond acceptors (Lipinski definition) is 3. The van der Waals surface area contributed by atoms with Crippen LogP contribution in [0.25, 0.3) is 0 Å². The van der Waals surface area contributed by atoms with Crippen LogP contribution in [0.2, 0.25) is 0 Å². The van der Waals surface area contributed by atoms with E-state index in [4.69, 9.17) is 5.73 Å². The zero-order valence-corrected chi connectivity index (χ0v) is 4.57. The van der Waals surface area contributed by atoms with Crippen LogP contribution in [0.5, 0.6) is 0 Å². The van der Waals surface area contributed by atoms with Gasteiger partial charge >= 0.3 is 0 Å². The Kier molecular flexibility index (Phi) is 3.40. The van der Waals surface area contributed by atoms with Crippen LogP contribution >= 0.6 is 12.2 Å². The van der Waals surface area contributed by atoms with E-state index in [2.05, 4.69) is 17.4 Å². The summed E-state index contributed by atoms with van der Waals surface area (Å²) in [6, 6.07) is 0.